The first-order chi connectivity index (χ1) is 8.42. The average Bonchev–Trinajstić information content (AvgIpc) is 2.34. The number of rotatable bonds is 2. The van der Waals surface area contributed by atoms with E-state index in [4.69, 9.17) is 4.84 Å². The zero-order valence-electron chi connectivity index (χ0n) is 10.6. The van der Waals surface area contributed by atoms with Crippen LogP contribution in [0.2, 0.25) is 0 Å². The van der Waals surface area contributed by atoms with E-state index in [1.807, 2.05) is 0 Å². The van der Waals surface area contributed by atoms with Crippen LogP contribution in [-0.4, -0.2) is 12.8 Å². The summed E-state index contributed by atoms with van der Waals surface area (Å²) in [6.07, 6.45) is 7.49. The van der Waals surface area contributed by atoms with Gasteiger partial charge in [-0.2, -0.15) is 0 Å². The molecule has 2 rings (SSSR count). The van der Waals surface area contributed by atoms with Gasteiger partial charge in [-0.3, -0.25) is 0 Å². The number of nitrogens with zero attached hydrogens (tertiary/aromatic N) is 1. The number of hydrogen-bond donors (Lipinski definition) is 0. The Kier molecular flexibility index (Phi) is 4.60. The molecule has 1 unspecified atom stereocenters. The van der Waals surface area contributed by atoms with Crippen molar-refractivity contribution in [2.75, 3.05) is 7.11 Å². The Labute approximate surface area is 104 Å². The van der Waals surface area contributed by atoms with Crippen molar-refractivity contribution in [2.45, 2.75) is 44.4 Å². The molecule has 2 heteroatoms. The van der Waals surface area contributed by atoms with E-state index in [0.29, 0.717) is 5.92 Å². The van der Waals surface area contributed by atoms with E-state index >= 15 is 0 Å². The van der Waals surface area contributed by atoms with Crippen LogP contribution in [0.1, 0.15) is 50.0 Å². The predicted octanol–water partition coefficient (Wildman–Crippen LogP) is 4.13. The predicted molar refractivity (Wildman–Crippen MR) is 71.3 cm³/mol. The highest BCUT2D eigenvalue weighted by atomic mass is 16.6. The van der Waals surface area contributed by atoms with Crippen molar-refractivity contribution in [3.05, 3.63) is 35.9 Å². The maximum atomic E-state index is 5.02. The smallest absolute Gasteiger partial charge is 0.106 e. The van der Waals surface area contributed by atoms with Gasteiger partial charge in [0.05, 0.1) is 5.71 Å². The quantitative estimate of drug-likeness (QED) is 0.701. The lowest BCUT2D eigenvalue weighted by molar-refractivity contribution is 0.210. The minimum Gasteiger partial charge on any atom is -0.399 e. The molecule has 2 nitrogen and oxygen atoms in total. The van der Waals surface area contributed by atoms with Crippen LogP contribution in [0, 0.1) is 0 Å². The topological polar surface area (TPSA) is 21.6 Å². The first-order valence-electron chi connectivity index (χ1n) is 6.56. The van der Waals surface area contributed by atoms with E-state index in [9.17, 15) is 0 Å². The molecule has 1 aliphatic carbocycles. The Hall–Kier alpha value is -1.31. The van der Waals surface area contributed by atoms with Crippen molar-refractivity contribution in [2.24, 2.45) is 5.16 Å². The van der Waals surface area contributed by atoms with Gasteiger partial charge in [0.25, 0.3) is 0 Å². The molecular weight excluding hydrogens is 210 g/mol. The molecular formula is C15H21NO. The fourth-order valence-electron chi connectivity index (χ4n) is 2.62. The van der Waals surface area contributed by atoms with Gasteiger partial charge < -0.3 is 4.84 Å². The summed E-state index contributed by atoms with van der Waals surface area (Å²) >= 11 is 0. The number of benzene rings is 1. The van der Waals surface area contributed by atoms with Gasteiger partial charge in [-0.25, -0.2) is 0 Å². The highest BCUT2D eigenvalue weighted by Gasteiger charge is 2.20. The molecule has 92 valence electrons. The van der Waals surface area contributed by atoms with Crippen LogP contribution in [0.5, 0.6) is 0 Å². The van der Waals surface area contributed by atoms with Gasteiger partial charge >= 0.3 is 0 Å². The van der Waals surface area contributed by atoms with E-state index in [-0.39, 0.29) is 0 Å². The lowest BCUT2D eigenvalue weighted by Gasteiger charge is -2.21. The molecule has 0 spiro atoms. The molecule has 1 saturated carbocycles. The lowest BCUT2D eigenvalue weighted by atomic mass is 9.84. The minimum absolute atomic E-state index is 0.455. The van der Waals surface area contributed by atoms with Crippen LogP contribution >= 0.6 is 0 Å². The van der Waals surface area contributed by atoms with Crippen molar-refractivity contribution in [3.8, 4) is 0 Å². The number of oxime groups is 1. The van der Waals surface area contributed by atoms with Gasteiger partial charge in [0.15, 0.2) is 0 Å². The molecule has 17 heavy (non-hydrogen) atoms. The SMILES string of the molecule is CON=C1CCCCCCC1c1ccccc1. The molecule has 0 N–H and O–H groups in total. The second kappa shape index (κ2) is 6.43. The van der Waals surface area contributed by atoms with Gasteiger partial charge in [0.2, 0.25) is 0 Å². The standard InChI is InChI=1S/C15H21NO/c1-17-16-15-12-8-3-2-7-11-14(15)13-9-5-4-6-10-13/h4-6,9-10,14H,2-3,7-8,11-12H2,1H3. The molecule has 0 heterocycles. The van der Waals surface area contributed by atoms with Crippen molar-refractivity contribution >= 4 is 5.71 Å². The molecule has 1 fully saturated rings. The second-order valence-electron chi connectivity index (χ2n) is 4.68. The van der Waals surface area contributed by atoms with Gasteiger partial charge in [-0.05, 0) is 24.8 Å². The molecule has 0 saturated heterocycles. The average molecular weight is 231 g/mol. The molecule has 1 aliphatic rings. The van der Waals surface area contributed by atoms with Gasteiger partial charge in [-0.1, -0.05) is 54.8 Å². The molecule has 0 amide bonds. The molecule has 0 aromatic heterocycles. The zero-order chi connectivity index (χ0) is 11.9. The molecule has 1 aromatic rings. The van der Waals surface area contributed by atoms with Crippen molar-refractivity contribution in [3.63, 3.8) is 0 Å². The van der Waals surface area contributed by atoms with Crippen molar-refractivity contribution < 1.29 is 4.84 Å². The summed E-state index contributed by atoms with van der Waals surface area (Å²) in [5.74, 6) is 0.455. The lowest BCUT2D eigenvalue weighted by Crippen LogP contribution is -2.15. The van der Waals surface area contributed by atoms with E-state index in [1.165, 1.54) is 43.4 Å². The Bertz CT molecular complexity index is 358. The highest BCUT2D eigenvalue weighted by molar-refractivity contribution is 5.90. The highest BCUT2D eigenvalue weighted by Crippen LogP contribution is 2.29. The fraction of sp³-hybridized carbons (Fsp3) is 0.533. The Morgan fingerprint density at radius 3 is 2.59 bits per heavy atom. The van der Waals surface area contributed by atoms with Crippen LogP contribution in [0.4, 0.5) is 0 Å². The Morgan fingerprint density at radius 2 is 1.82 bits per heavy atom. The van der Waals surface area contributed by atoms with Gasteiger partial charge in [-0.15, -0.1) is 0 Å². The van der Waals surface area contributed by atoms with E-state index in [1.54, 1.807) is 7.11 Å². The van der Waals surface area contributed by atoms with Crippen LogP contribution < -0.4 is 0 Å². The third-order valence-electron chi connectivity index (χ3n) is 3.49. The summed E-state index contributed by atoms with van der Waals surface area (Å²) in [7, 11) is 1.65. The Morgan fingerprint density at radius 1 is 1.06 bits per heavy atom. The first-order valence-corrected chi connectivity index (χ1v) is 6.56. The van der Waals surface area contributed by atoms with Crippen LogP contribution in [0.3, 0.4) is 0 Å². The summed E-state index contributed by atoms with van der Waals surface area (Å²) in [6, 6.07) is 10.7. The Balaban J connectivity index is 2.22. The van der Waals surface area contributed by atoms with E-state index < -0.39 is 0 Å². The summed E-state index contributed by atoms with van der Waals surface area (Å²) in [4.78, 5) is 5.02. The van der Waals surface area contributed by atoms with Crippen LogP contribution in [0.25, 0.3) is 0 Å². The minimum atomic E-state index is 0.455. The maximum Gasteiger partial charge on any atom is 0.106 e. The normalized spacial score (nSPS) is 24.1. The number of hydrogen-bond acceptors (Lipinski definition) is 2. The van der Waals surface area contributed by atoms with Crippen molar-refractivity contribution in [1.82, 2.24) is 0 Å². The zero-order valence-corrected chi connectivity index (χ0v) is 10.6. The van der Waals surface area contributed by atoms with Crippen molar-refractivity contribution in [1.29, 1.82) is 0 Å². The third kappa shape index (κ3) is 3.32. The molecule has 0 bridgehead atoms. The largest absolute Gasteiger partial charge is 0.399 e. The third-order valence-corrected chi connectivity index (χ3v) is 3.49. The van der Waals surface area contributed by atoms with Crippen LogP contribution in [-0.2, 0) is 4.84 Å². The monoisotopic (exact) mass is 231 g/mol. The van der Waals surface area contributed by atoms with E-state index in [2.05, 4.69) is 35.5 Å². The summed E-state index contributed by atoms with van der Waals surface area (Å²) < 4.78 is 0. The van der Waals surface area contributed by atoms with Crippen LogP contribution in [0.15, 0.2) is 35.5 Å². The molecule has 0 aliphatic heterocycles. The molecule has 0 radical (unpaired) electrons. The van der Waals surface area contributed by atoms with Gasteiger partial charge in [0, 0.05) is 5.92 Å². The molecule has 1 aromatic carbocycles. The second-order valence-corrected chi connectivity index (χ2v) is 4.68. The maximum absolute atomic E-state index is 5.02. The van der Waals surface area contributed by atoms with Gasteiger partial charge in [0.1, 0.15) is 7.11 Å². The van der Waals surface area contributed by atoms with E-state index in [0.717, 1.165) is 6.42 Å². The molecule has 1 atom stereocenters. The summed E-state index contributed by atoms with van der Waals surface area (Å²) in [5.41, 5.74) is 2.60. The first kappa shape index (κ1) is 12.2. The summed E-state index contributed by atoms with van der Waals surface area (Å²) in [6.45, 7) is 0. The fourth-order valence-corrected chi connectivity index (χ4v) is 2.62. The summed E-state index contributed by atoms with van der Waals surface area (Å²) in [5, 5.41) is 4.26.